The SMILES string of the molecule is C/C=C/Cn1nnnc1C(C)(C)C. The number of rotatable bonds is 2. The normalized spacial score (nSPS) is 12.6. The molecule has 0 fully saturated rings. The van der Waals surface area contributed by atoms with Crippen LogP contribution in [0.25, 0.3) is 0 Å². The van der Waals surface area contributed by atoms with Gasteiger partial charge in [0.15, 0.2) is 5.82 Å². The highest BCUT2D eigenvalue weighted by Crippen LogP contribution is 2.18. The summed E-state index contributed by atoms with van der Waals surface area (Å²) >= 11 is 0. The van der Waals surface area contributed by atoms with Gasteiger partial charge in [-0.05, 0) is 17.4 Å². The molecule has 0 amide bonds. The molecule has 0 aliphatic rings. The minimum atomic E-state index is 0.00504. The summed E-state index contributed by atoms with van der Waals surface area (Å²) in [5.74, 6) is 0.922. The minimum absolute atomic E-state index is 0.00504. The summed E-state index contributed by atoms with van der Waals surface area (Å²) in [5.41, 5.74) is 0.00504. The topological polar surface area (TPSA) is 43.6 Å². The first-order chi connectivity index (χ1) is 6.05. The van der Waals surface area contributed by atoms with Gasteiger partial charge in [0.25, 0.3) is 0 Å². The van der Waals surface area contributed by atoms with Gasteiger partial charge in [0.05, 0.1) is 6.54 Å². The Kier molecular flexibility index (Phi) is 2.80. The lowest BCUT2D eigenvalue weighted by Crippen LogP contribution is -2.19. The van der Waals surface area contributed by atoms with E-state index in [1.165, 1.54) is 0 Å². The molecule has 0 saturated heterocycles. The summed E-state index contributed by atoms with van der Waals surface area (Å²) in [5, 5.41) is 11.6. The van der Waals surface area contributed by atoms with Crippen molar-refractivity contribution in [2.45, 2.75) is 39.7 Å². The predicted octanol–water partition coefficient (Wildman–Crippen LogP) is 1.55. The van der Waals surface area contributed by atoms with Gasteiger partial charge in [-0.3, -0.25) is 0 Å². The van der Waals surface area contributed by atoms with Crippen LogP contribution in [0.2, 0.25) is 0 Å². The average Bonchev–Trinajstić information content (AvgIpc) is 2.47. The number of allylic oxidation sites excluding steroid dienone is 2. The summed E-state index contributed by atoms with van der Waals surface area (Å²) in [4.78, 5) is 0. The van der Waals surface area contributed by atoms with Crippen molar-refractivity contribution in [2.24, 2.45) is 0 Å². The molecule has 0 radical (unpaired) electrons. The molecule has 0 aromatic carbocycles. The van der Waals surface area contributed by atoms with Crippen LogP contribution >= 0.6 is 0 Å². The molecule has 4 heteroatoms. The lowest BCUT2D eigenvalue weighted by molar-refractivity contribution is 0.493. The van der Waals surface area contributed by atoms with E-state index in [1.807, 2.05) is 23.8 Å². The molecular formula is C9H16N4. The van der Waals surface area contributed by atoms with E-state index in [0.29, 0.717) is 0 Å². The van der Waals surface area contributed by atoms with Gasteiger partial charge in [0, 0.05) is 5.41 Å². The fourth-order valence-electron chi connectivity index (χ4n) is 1.07. The summed E-state index contributed by atoms with van der Waals surface area (Å²) in [6.45, 7) is 9.04. The third kappa shape index (κ3) is 2.37. The van der Waals surface area contributed by atoms with Gasteiger partial charge >= 0.3 is 0 Å². The molecule has 72 valence electrons. The maximum absolute atomic E-state index is 4.01. The average molecular weight is 180 g/mol. The van der Waals surface area contributed by atoms with Crippen LogP contribution in [0.15, 0.2) is 12.2 Å². The van der Waals surface area contributed by atoms with Gasteiger partial charge in [-0.2, -0.15) is 0 Å². The molecule has 1 aromatic heterocycles. The van der Waals surface area contributed by atoms with Crippen molar-refractivity contribution in [2.75, 3.05) is 0 Å². The fraction of sp³-hybridized carbons (Fsp3) is 0.667. The number of tetrazole rings is 1. The first-order valence-corrected chi connectivity index (χ1v) is 4.43. The molecule has 1 rings (SSSR count). The third-order valence-corrected chi connectivity index (χ3v) is 1.72. The Morgan fingerprint density at radius 2 is 2.08 bits per heavy atom. The zero-order chi connectivity index (χ0) is 9.90. The van der Waals surface area contributed by atoms with E-state index in [-0.39, 0.29) is 5.41 Å². The first-order valence-electron chi connectivity index (χ1n) is 4.43. The van der Waals surface area contributed by atoms with Crippen LogP contribution in [0.3, 0.4) is 0 Å². The second kappa shape index (κ2) is 3.68. The van der Waals surface area contributed by atoms with Crippen LogP contribution in [0.4, 0.5) is 0 Å². The largest absolute Gasteiger partial charge is 0.225 e. The van der Waals surface area contributed by atoms with Crippen LogP contribution in [0.5, 0.6) is 0 Å². The standard InChI is InChI=1S/C9H16N4/c1-5-6-7-13-8(9(2,3)4)10-11-12-13/h5-6H,7H2,1-4H3/b6-5+. The Bertz CT molecular complexity index is 293. The molecule has 0 spiro atoms. The fourth-order valence-corrected chi connectivity index (χ4v) is 1.07. The summed E-state index contributed by atoms with van der Waals surface area (Å²) in [7, 11) is 0. The summed E-state index contributed by atoms with van der Waals surface area (Å²) in [6.07, 6.45) is 4.03. The van der Waals surface area contributed by atoms with Crippen molar-refractivity contribution in [3.8, 4) is 0 Å². The highest BCUT2D eigenvalue weighted by atomic mass is 15.5. The van der Waals surface area contributed by atoms with Crippen molar-refractivity contribution >= 4 is 0 Å². The van der Waals surface area contributed by atoms with Crippen molar-refractivity contribution in [3.05, 3.63) is 18.0 Å². The van der Waals surface area contributed by atoms with Crippen molar-refractivity contribution in [1.29, 1.82) is 0 Å². The van der Waals surface area contributed by atoms with E-state index < -0.39 is 0 Å². The molecule has 1 aromatic rings. The lowest BCUT2D eigenvalue weighted by atomic mass is 9.96. The highest BCUT2D eigenvalue weighted by molar-refractivity contribution is 4.99. The molecule has 0 N–H and O–H groups in total. The molecule has 0 unspecified atom stereocenters. The van der Waals surface area contributed by atoms with E-state index in [1.54, 1.807) is 0 Å². The smallest absolute Gasteiger partial charge is 0.156 e. The second-order valence-electron chi connectivity index (χ2n) is 4.00. The first kappa shape index (κ1) is 9.89. The van der Waals surface area contributed by atoms with Crippen LogP contribution in [0, 0.1) is 0 Å². The lowest BCUT2D eigenvalue weighted by Gasteiger charge is -2.16. The Balaban J connectivity index is 2.89. The Morgan fingerprint density at radius 1 is 1.38 bits per heavy atom. The number of hydrogen-bond donors (Lipinski definition) is 0. The molecule has 1 heterocycles. The Hall–Kier alpha value is -1.19. The van der Waals surface area contributed by atoms with Gasteiger partial charge in [-0.15, -0.1) is 5.10 Å². The summed E-state index contributed by atoms with van der Waals surface area (Å²) < 4.78 is 1.82. The van der Waals surface area contributed by atoms with E-state index in [9.17, 15) is 0 Å². The van der Waals surface area contributed by atoms with Crippen LogP contribution < -0.4 is 0 Å². The zero-order valence-corrected chi connectivity index (χ0v) is 8.65. The van der Waals surface area contributed by atoms with E-state index in [4.69, 9.17) is 0 Å². The molecule has 13 heavy (non-hydrogen) atoms. The van der Waals surface area contributed by atoms with Crippen molar-refractivity contribution in [1.82, 2.24) is 20.2 Å². The Labute approximate surface area is 78.6 Å². The highest BCUT2D eigenvalue weighted by Gasteiger charge is 2.20. The van der Waals surface area contributed by atoms with E-state index in [2.05, 4.69) is 36.3 Å². The molecule has 0 aliphatic heterocycles. The monoisotopic (exact) mass is 180 g/mol. The van der Waals surface area contributed by atoms with Crippen LogP contribution in [-0.4, -0.2) is 20.2 Å². The molecule has 4 nitrogen and oxygen atoms in total. The minimum Gasteiger partial charge on any atom is -0.225 e. The second-order valence-corrected chi connectivity index (χ2v) is 4.00. The van der Waals surface area contributed by atoms with Crippen molar-refractivity contribution < 1.29 is 0 Å². The quantitative estimate of drug-likeness (QED) is 0.648. The van der Waals surface area contributed by atoms with Gasteiger partial charge in [0.1, 0.15) is 0 Å². The number of nitrogens with zero attached hydrogens (tertiary/aromatic N) is 4. The zero-order valence-electron chi connectivity index (χ0n) is 8.65. The van der Waals surface area contributed by atoms with Crippen LogP contribution in [0.1, 0.15) is 33.5 Å². The molecule has 0 saturated carbocycles. The van der Waals surface area contributed by atoms with Gasteiger partial charge in [-0.25, -0.2) is 4.68 Å². The van der Waals surface area contributed by atoms with Crippen molar-refractivity contribution in [3.63, 3.8) is 0 Å². The van der Waals surface area contributed by atoms with Crippen LogP contribution in [-0.2, 0) is 12.0 Å². The van der Waals surface area contributed by atoms with Gasteiger partial charge < -0.3 is 0 Å². The van der Waals surface area contributed by atoms with Gasteiger partial charge in [-0.1, -0.05) is 32.9 Å². The number of hydrogen-bond acceptors (Lipinski definition) is 3. The Morgan fingerprint density at radius 3 is 2.62 bits per heavy atom. The maximum Gasteiger partial charge on any atom is 0.156 e. The molecule has 0 aliphatic carbocycles. The summed E-state index contributed by atoms with van der Waals surface area (Å²) in [6, 6.07) is 0. The van der Waals surface area contributed by atoms with Gasteiger partial charge in [0.2, 0.25) is 0 Å². The molecular weight excluding hydrogens is 164 g/mol. The maximum atomic E-state index is 4.01. The predicted molar refractivity (Wildman–Crippen MR) is 51.3 cm³/mol. The van der Waals surface area contributed by atoms with E-state index in [0.717, 1.165) is 12.4 Å². The molecule has 0 atom stereocenters. The third-order valence-electron chi connectivity index (χ3n) is 1.72. The van der Waals surface area contributed by atoms with E-state index >= 15 is 0 Å². The molecule has 0 bridgehead atoms. The number of aromatic nitrogens is 4.